The summed E-state index contributed by atoms with van der Waals surface area (Å²) in [6.07, 6.45) is 3.61. The van der Waals surface area contributed by atoms with E-state index in [4.69, 9.17) is 11.1 Å². The van der Waals surface area contributed by atoms with Gasteiger partial charge in [-0.15, -0.1) is 0 Å². The number of hydrogen-bond acceptors (Lipinski definition) is 3. The lowest BCUT2D eigenvalue weighted by Crippen LogP contribution is -2.21. The maximum atomic E-state index is 14.2. The second-order valence-corrected chi connectivity index (χ2v) is 4.82. The average molecular weight is 275 g/mol. The molecule has 3 N–H and O–H groups in total. The van der Waals surface area contributed by atoms with E-state index >= 15 is 0 Å². The Labute approximate surface area is 117 Å². The molecule has 0 spiro atoms. The number of amidine groups is 1. The Balaban J connectivity index is 2.12. The number of halogens is 1. The lowest BCUT2D eigenvalue weighted by molar-refractivity contribution is 0.302. The maximum Gasteiger partial charge on any atom is 0.138 e. The molecule has 0 saturated carbocycles. The third-order valence-electron chi connectivity index (χ3n) is 3.14. The second-order valence-electron chi connectivity index (χ2n) is 4.82. The SMILES string of the molecule is CN(Cc1cccc(C(=N)N)c1F)Cc1nccn1C. The van der Waals surface area contributed by atoms with Gasteiger partial charge in [-0.2, -0.15) is 0 Å². The summed E-state index contributed by atoms with van der Waals surface area (Å²) in [5.74, 6) is 0.235. The van der Waals surface area contributed by atoms with E-state index in [0.29, 0.717) is 18.7 Å². The van der Waals surface area contributed by atoms with Crippen molar-refractivity contribution in [2.45, 2.75) is 13.1 Å². The fourth-order valence-corrected chi connectivity index (χ4v) is 2.05. The zero-order valence-electron chi connectivity index (χ0n) is 11.6. The van der Waals surface area contributed by atoms with Gasteiger partial charge in [-0.05, 0) is 13.1 Å². The summed E-state index contributed by atoms with van der Waals surface area (Å²) in [6.45, 7) is 1.05. The Morgan fingerprint density at radius 3 is 2.80 bits per heavy atom. The minimum atomic E-state index is -0.424. The molecule has 0 atom stereocenters. The minimum Gasteiger partial charge on any atom is -0.384 e. The molecule has 2 aromatic rings. The van der Waals surface area contributed by atoms with Crippen LogP contribution in [-0.4, -0.2) is 27.3 Å². The zero-order chi connectivity index (χ0) is 14.7. The summed E-state index contributed by atoms with van der Waals surface area (Å²) in [7, 11) is 3.82. The van der Waals surface area contributed by atoms with E-state index in [2.05, 4.69) is 4.98 Å². The van der Waals surface area contributed by atoms with Crippen molar-refractivity contribution in [2.75, 3.05) is 7.05 Å². The monoisotopic (exact) mass is 275 g/mol. The summed E-state index contributed by atoms with van der Waals surface area (Å²) in [5, 5.41) is 7.35. The van der Waals surface area contributed by atoms with Crippen molar-refractivity contribution in [3.63, 3.8) is 0 Å². The van der Waals surface area contributed by atoms with E-state index in [1.54, 1.807) is 18.3 Å². The molecule has 2 rings (SSSR count). The first-order valence-corrected chi connectivity index (χ1v) is 6.25. The molecule has 0 aliphatic heterocycles. The number of nitrogens with one attached hydrogen (secondary N) is 1. The number of nitrogens with zero attached hydrogens (tertiary/aromatic N) is 3. The van der Waals surface area contributed by atoms with Crippen LogP contribution in [-0.2, 0) is 20.1 Å². The first kappa shape index (κ1) is 14.2. The van der Waals surface area contributed by atoms with Crippen LogP contribution in [0.15, 0.2) is 30.6 Å². The molecule has 106 valence electrons. The van der Waals surface area contributed by atoms with E-state index in [9.17, 15) is 4.39 Å². The lowest BCUT2D eigenvalue weighted by Gasteiger charge is -2.17. The van der Waals surface area contributed by atoms with Crippen LogP contribution in [0.25, 0.3) is 0 Å². The number of aryl methyl sites for hydroxylation is 1. The topological polar surface area (TPSA) is 70.9 Å². The quantitative estimate of drug-likeness (QED) is 0.641. The molecule has 1 aromatic heterocycles. The Morgan fingerprint density at radius 1 is 1.45 bits per heavy atom. The molecule has 0 amide bonds. The van der Waals surface area contributed by atoms with Crippen molar-refractivity contribution in [2.24, 2.45) is 12.8 Å². The van der Waals surface area contributed by atoms with Gasteiger partial charge >= 0.3 is 0 Å². The van der Waals surface area contributed by atoms with Gasteiger partial charge in [0.1, 0.15) is 17.5 Å². The van der Waals surface area contributed by atoms with Gasteiger partial charge in [-0.1, -0.05) is 12.1 Å². The lowest BCUT2D eigenvalue weighted by atomic mass is 10.1. The molecule has 0 unspecified atom stereocenters. The first-order valence-electron chi connectivity index (χ1n) is 6.25. The Hall–Kier alpha value is -2.21. The smallest absolute Gasteiger partial charge is 0.138 e. The predicted molar refractivity (Wildman–Crippen MR) is 75.8 cm³/mol. The molecule has 0 aliphatic carbocycles. The predicted octanol–water partition coefficient (Wildman–Crippen LogP) is 1.48. The molecular formula is C14H18FN5. The fourth-order valence-electron chi connectivity index (χ4n) is 2.05. The third-order valence-corrected chi connectivity index (χ3v) is 3.14. The Bertz CT molecular complexity index is 620. The van der Waals surface area contributed by atoms with E-state index < -0.39 is 5.82 Å². The van der Waals surface area contributed by atoms with Crippen LogP contribution < -0.4 is 5.73 Å². The number of rotatable bonds is 5. The summed E-state index contributed by atoms with van der Waals surface area (Å²) in [4.78, 5) is 6.20. The average Bonchev–Trinajstić information content (AvgIpc) is 2.77. The Morgan fingerprint density at radius 2 is 2.20 bits per heavy atom. The van der Waals surface area contributed by atoms with Crippen LogP contribution in [0.2, 0.25) is 0 Å². The van der Waals surface area contributed by atoms with E-state index in [-0.39, 0.29) is 11.4 Å². The highest BCUT2D eigenvalue weighted by atomic mass is 19.1. The van der Waals surface area contributed by atoms with Gasteiger partial charge in [0.25, 0.3) is 0 Å². The number of aromatic nitrogens is 2. The number of imidazole rings is 1. The van der Waals surface area contributed by atoms with Crippen molar-refractivity contribution in [1.29, 1.82) is 5.41 Å². The second kappa shape index (κ2) is 5.83. The van der Waals surface area contributed by atoms with Gasteiger partial charge in [-0.3, -0.25) is 10.3 Å². The van der Waals surface area contributed by atoms with Crippen molar-refractivity contribution in [3.05, 3.63) is 53.4 Å². The summed E-state index contributed by atoms with van der Waals surface area (Å²) >= 11 is 0. The largest absolute Gasteiger partial charge is 0.384 e. The normalized spacial score (nSPS) is 11.0. The van der Waals surface area contributed by atoms with Crippen molar-refractivity contribution in [3.8, 4) is 0 Å². The van der Waals surface area contributed by atoms with Crippen molar-refractivity contribution >= 4 is 5.84 Å². The van der Waals surface area contributed by atoms with E-state index in [1.165, 1.54) is 6.07 Å². The molecule has 0 saturated heterocycles. The fraction of sp³-hybridized carbons (Fsp3) is 0.286. The van der Waals surface area contributed by atoms with Gasteiger partial charge < -0.3 is 10.3 Å². The van der Waals surface area contributed by atoms with Gasteiger partial charge in [0, 0.05) is 31.5 Å². The number of nitrogen functional groups attached to an aromatic ring is 1. The number of nitrogens with two attached hydrogens (primary N) is 1. The van der Waals surface area contributed by atoms with Crippen LogP contribution >= 0.6 is 0 Å². The van der Waals surface area contributed by atoms with Gasteiger partial charge in [0.05, 0.1) is 12.1 Å². The number of hydrogen-bond donors (Lipinski definition) is 2. The summed E-state index contributed by atoms with van der Waals surface area (Å²) < 4.78 is 16.1. The molecular weight excluding hydrogens is 257 g/mol. The van der Waals surface area contributed by atoms with Crippen LogP contribution in [0, 0.1) is 11.2 Å². The standard InChI is InChI=1S/C14H18FN5/c1-19(9-12-18-6-7-20(12)2)8-10-4-3-5-11(13(10)15)14(16)17/h3-7H,8-9H2,1-2H3,(H3,16,17). The zero-order valence-corrected chi connectivity index (χ0v) is 11.6. The maximum absolute atomic E-state index is 14.2. The van der Waals surface area contributed by atoms with Gasteiger partial charge in [0.15, 0.2) is 0 Å². The highest BCUT2D eigenvalue weighted by Gasteiger charge is 2.12. The third kappa shape index (κ3) is 3.03. The Kier molecular flexibility index (Phi) is 4.14. The molecule has 0 fully saturated rings. The molecule has 0 radical (unpaired) electrons. The summed E-state index contributed by atoms with van der Waals surface area (Å²) in [5.41, 5.74) is 6.03. The first-order chi connectivity index (χ1) is 9.49. The highest BCUT2D eigenvalue weighted by Crippen LogP contribution is 2.15. The number of benzene rings is 1. The molecule has 1 heterocycles. The van der Waals surface area contributed by atoms with Crippen LogP contribution in [0.5, 0.6) is 0 Å². The van der Waals surface area contributed by atoms with Gasteiger partial charge in [0.2, 0.25) is 0 Å². The molecule has 0 aliphatic rings. The van der Waals surface area contributed by atoms with Crippen LogP contribution in [0.3, 0.4) is 0 Å². The molecule has 20 heavy (non-hydrogen) atoms. The van der Waals surface area contributed by atoms with Crippen LogP contribution in [0.4, 0.5) is 4.39 Å². The summed E-state index contributed by atoms with van der Waals surface area (Å²) in [6, 6.07) is 4.93. The van der Waals surface area contributed by atoms with Crippen molar-refractivity contribution < 1.29 is 4.39 Å². The van der Waals surface area contributed by atoms with Crippen LogP contribution in [0.1, 0.15) is 17.0 Å². The van der Waals surface area contributed by atoms with Crippen molar-refractivity contribution in [1.82, 2.24) is 14.5 Å². The molecule has 0 bridgehead atoms. The molecule has 6 heteroatoms. The minimum absolute atomic E-state index is 0.146. The molecule has 5 nitrogen and oxygen atoms in total. The van der Waals surface area contributed by atoms with E-state index in [0.717, 1.165) is 5.82 Å². The highest BCUT2D eigenvalue weighted by molar-refractivity contribution is 5.95. The molecule has 1 aromatic carbocycles. The van der Waals surface area contributed by atoms with Gasteiger partial charge in [-0.25, -0.2) is 9.37 Å². The van der Waals surface area contributed by atoms with E-state index in [1.807, 2.05) is 29.8 Å².